The zero-order valence-electron chi connectivity index (χ0n) is 11.1. The van der Waals surface area contributed by atoms with Gasteiger partial charge in [-0.05, 0) is 24.3 Å². The number of amides is 1. The minimum atomic E-state index is -0.677. The molecule has 1 rings (SSSR count). The van der Waals surface area contributed by atoms with Crippen LogP contribution in [0.3, 0.4) is 0 Å². The second kappa shape index (κ2) is 8.91. The highest BCUT2D eigenvalue weighted by Crippen LogP contribution is 2.13. The summed E-state index contributed by atoms with van der Waals surface area (Å²) in [4.78, 5) is 33.6. The zero-order valence-corrected chi connectivity index (χ0v) is 12.7. The molecular formula is C14H14BrNO5. The Balaban J connectivity index is 2.36. The first kappa shape index (κ1) is 16.9. The van der Waals surface area contributed by atoms with Crippen molar-refractivity contribution in [2.24, 2.45) is 0 Å². The second-order valence-corrected chi connectivity index (χ2v) is 4.33. The number of carbonyl (C=O) groups is 3. The molecule has 0 spiro atoms. The lowest BCUT2D eigenvalue weighted by molar-refractivity contribution is -0.137. The van der Waals surface area contributed by atoms with Crippen molar-refractivity contribution in [2.45, 2.75) is 0 Å². The lowest BCUT2D eigenvalue weighted by Gasteiger charge is -2.07. The molecule has 1 aromatic rings. The molecule has 0 heterocycles. The van der Waals surface area contributed by atoms with Crippen LogP contribution in [0.1, 0.15) is 10.4 Å². The number of ketones is 1. The van der Waals surface area contributed by atoms with Crippen LogP contribution >= 0.6 is 15.9 Å². The van der Waals surface area contributed by atoms with Gasteiger partial charge in [0.05, 0.1) is 11.9 Å². The van der Waals surface area contributed by atoms with E-state index in [0.717, 1.165) is 6.08 Å². The van der Waals surface area contributed by atoms with Gasteiger partial charge in [0.1, 0.15) is 12.4 Å². The molecule has 0 radical (unpaired) electrons. The first-order chi connectivity index (χ1) is 10.1. The highest BCUT2D eigenvalue weighted by molar-refractivity contribution is 9.09. The van der Waals surface area contributed by atoms with Crippen LogP contribution in [0.25, 0.3) is 0 Å². The Hall–Kier alpha value is -2.15. The summed E-state index contributed by atoms with van der Waals surface area (Å²) in [6, 6.07) is 6.18. The summed E-state index contributed by atoms with van der Waals surface area (Å²) in [5.41, 5.74) is 0.524. The van der Waals surface area contributed by atoms with E-state index in [-0.39, 0.29) is 24.3 Å². The van der Waals surface area contributed by atoms with Gasteiger partial charge < -0.3 is 14.8 Å². The van der Waals surface area contributed by atoms with E-state index in [1.165, 1.54) is 12.1 Å². The first-order valence-corrected chi connectivity index (χ1v) is 7.13. The number of esters is 1. The molecule has 7 heteroatoms. The predicted octanol–water partition coefficient (Wildman–Crippen LogP) is 2.08. The van der Waals surface area contributed by atoms with E-state index in [1.807, 2.05) is 0 Å². The number of rotatable bonds is 7. The van der Waals surface area contributed by atoms with Gasteiger partial charge in [0, 0.05) is 11.6 Å². The van der Waals surface area contributed by atoms with Crippen LogP contribution in [0.2, 0.25) is 0 Å². The Morgan fingerprint density at radius 1 is 1.24 bits per heavy atom. The predicted molar refractivity (Wildman–Crippen MR) is 79.7 cm³/mol. The van der Waals surface area contributed by atoms with Crippen LogP contribution in [0.4, 0.5) is 4.79 Å². The second-order valence-electron chi connectivity index (χ2n) is 3.77. The number of hydrogen-bond acceptors (Lipinski definition) is 5. The van der Waals surface area contributed by atoms with Crippen LogP contribution in [-0.2, 0) is 9.53 Å². The van der Waals surface area contributed by atoms with Crippen molar-refractivity contribution in [3.05, 3.63) is 42.5 Å². The molecule has 0 aliphatic heterocycles. The van der Waals surface area contributed by atoms with E-state index >= 15 is 0 Å². The van der Waals surface area contributed by atoms with Crippen molar-refractivity contribution in [3.63, 3.8) is 0 Å². The van der Waals surface area contributed by atoms with Crippen molar-refractivity contribution >= 4 is 33.8 Å². The summed E-state index contributed by atoms with van der Waals surface area (Å²) in [6.07, 6.45) is 0.359. The fourth-order valence-electron chi connectivity index (χ4n) is 1.29. The summed E-state index contributed by atoms with van der Waals surface area (Å²) < 4.78 is 9.66. The van der Waals surface area contributed by atoms with Gasteiger partial charge >= 0.3 is 12.1 Å². The summed E-state index contributed by atoms with van der Waals surface area (Å²) in [6.45, 7) is 3.39. The SMILES string of the molecule is C=CC(=O)OCCNC(=O)Oc1ccc(C(=O)CBr)cc1. The molecule has 1 N–H and O–H groups in total. The zero-order chi connectivity index (χ0) is 15.7. The molecule has 0 unspecified atom stereocenters. The van der Waals surface area contributed by atoms with Gasteiger partial charge in [-0.15, -0.1) is 0 Å². The van der Waals surface area contributed by atoms with Crippen LogP contribution in [0.15, 0.2) is 36.9 Å². The Labute approximate surface area is 130 Å². The molecule has 0 saturated heterocycles. The normalized spacial score (nSPS) is 9.57. The molecule has 0 aliphatic carbocycles. The summed E-state index contributed by atoms with van der Waals surface area (Å²) >= 11 is 3.07. The van der Waals surface area contributed by atoms with Crippen molar-refractivity contribution in [3.8, 4) is 5.75 Å². The van der Waals surface area contributed by atoms with Crippen molar-refractivity contribution < 1.29 is 23.9 Å². The molecule has 0 saturated carbocycles. The summed E-state index contributed by atoms with van der Waals surface area (Å²) in [5.74, 6) is -0.311. The van der Waals surface area contributed by atoms with E-state index in [0.29, 0.717) is 11.3 Å². The average molecular weight is 356 g/mol. The van der Waals surface area contributed by atoms with Crippen molar-refractivity contribution in [1.29, 1.82) is 0 Å². The molecular weight excluding hydrogens is 342 g/mol. The topological polar surface area (TPSA) is 81.7 Å². The minimum Gasteiger partial charge on any atom is -0.461 e. The van der Waals surface area contributed by atoms with Gasteiger partial charge in [-0.2, -0.15) is 0 Å². The number of carbonyl (C=O) groups excluding carboxylic acids is 3. The van der Waals surface area contributed by atoms with E-state index in [9.17, 15) is 14.4 Å². The smallest absolute Gasteiger partial charge is 0.412 e. The number of alkyl halides is 1. The highest BCUT2D eigenvalue weighted by atomic mass is 79.9. The largest absolute Gasteiger partial charge is 0.461 e. The standard InChI is InChI=1S/C14H14BrNO5/c1-2-13(18)20-8-7-16-14(19)21-11-5-3-10(4-6-11)12(17)9-15/h2-6H,1,7-9H2,(H,16,19). The number of ether oxygens (including phenoxy) is 2. The minimum absolute atomic E-state index is 0.0264. The molecule has 0 aliphatic rings. The van der Waals surface area contributed by atoms with E-state index in [1.54, 1.807) is 12.1 Å². The van der Waals surface area contributed by atoms with Crippen molar-refractivity contribution in [1.82, 2.24) is 5.32 Å². The van der Waals surface area contributed by atoms with Gasteiger partial charge in [0.25, 0.3) is 0 Å². The third kappa shape index (κ3) is 6.22. The quantitative estimate of drug-likeness (QED) is 0.266. The molecule has 0 aromatic heterocycles. The molecule has 0 fully saturated rings. The molecule has 1 aromatic carbocycles. The van der Waals surface area contributed by atoms with Crippen LogP contribution < -0.4 is 10.1 Å². The van der Waals surface area contributed by atoms with E-state index < -0.39 is 12.1 Å². The maximum absolute atomic E-state index is 11.4. The number of nitrogens with one attached hydrogen (secondary N) is 1. The molecule has 112 valence electrons. The Bertz CT molecular complexity index is 527. The van der Waals surface area contributed by atoms with Crippen LogP contribution in [0.5, 0.6) is 5.75 Å². The third-order valence-corrected chi connectivity index (χ3v) is 2.80. The Kier molecular flexibility index (Phi) is 7.17. The van der Waals surface area contributed by atoms with Crippen LogP contribution in [0, 0.1) is 0 Å². The van der Waals surface area contributed by atoms with Gasteiger partial charge in [0.2, 0.25) is 0 Å². The highest BCUT2D eigenvalue weighted by Gasteiger charge is 2.07. The van der Waals surface area contributed by atoms with E-state index in [4.69, 9.17) is 4.74 Å². The van der Waals surface area contributed by atoms with Gasteiger partial charge in [-0.25, -0.2) is 9.59 Å². The lowest BCUT2D eigenvalue weighted by atomic mass is 10.1. The molecule has 6 nitrogen and oxygen atoms in total. The molecule has 0 atom stereocenters. The van der Waals surface area contributed by atoms with Gasteiger partial charge in [-0.1, -0.05) is 22.5 Å². The number of halogens is 1. The maximum atomic E-state index is 11.4. The fraction of sp³-hybridized carbons (Fsp3) is 0.214. The average Bonchev–Trinajstić information content (AvgIpc) is 2.51. The summed E-state index contributed by atoms with van der Waals surface area (Å²) in [7, 11) is 0. The monoisotopic (exact) mass is 355 g/mol. The van der Waals surface area contributed by atoms with Crippen LogP contribution in [-0.4, -0.2) is 36.3 Å². The molecule has 0 bridgehead atoms. The lowest BCUT2D eigenvalue weighted by Crippen LogP contribution is -2.30. The Morgan fingerprint density at radius 2 is 1.90 bits per heavy atom. The first-order valence-electron chi connectivity index (χ1n) is 6.01. The number of Topliss-reactive ketones (excluding diaryl/α,β-unsaturated/α-hetero) is 1. The van der Waals surface area contributed by atoms with Gasteiger partial charge in [0.15, 0.2) is 5.78 Å². The Morgan fingerprint density at radius 3 is 2.48 bits per heavy atom. The van der Waals surface area contributed by atoms with E-state index in [2.05, 4.69) is 32.6 Å². The number of benzene rings is 1. The molecule has 21 heavy (non-hydrogen) atoms. The maximum Gasteiger partial charge on any atom is 0.412 e. The number of hydrogen-bond donors (Lipinski definition) is 1. The third-order valence-electron chi connectivity index (χ3n) is 2.29. The van der Waals surface area contributed by atoms with Crippen molar-refractivity contribution in [2.75, 3.05) is 18.5 Å². The molecule has 1 amide bonds. The fourth-order valence-corrected chi connectivity index (χ4v) is 1.62. The summed E-state index contributed by atoms with van der Waals surface area (Å²) in [5, 5.41) is 2.65. The van der Waals surface area contributed by atoms with Gasteiger partial charge in [-0.3, -0.25) is 4.79 Å².